The zero-order chi connectivity index (χ0) is 32.2. The fraction of sp³-hybridized carbons (Fsp3) is 0.412. The highest BCUT2D eigenvalue weighted by Crippen LogP contribution is 2.36. The molecule has 1 saturated carbocycles. The quantitative estimate of drug-likeness (QED) is 0.219. The molecule has 10 nitrogen and oxygen atoms in total. The molecule has 2 aliphatic rings. The first-order valence-electron chi connectivity index (χ1n) is 15.6. The smallest absolute Gasteiger partial charge is 0.297 e. The number of hydrogen-bond acceptors (Lipinski definition) is 7. The Bertz CT molecular complexity index is 1710. The van der Waals surface area contributed by atoms with E-state index in [4.69, 9.17) is 32.7 Å². The summed E-state index contributed by atoms with van der Waals surface area (Å²) in [5.74, 6) is 0.0725. The maximum absolute atomic E-state index is 13.2. The van der Waals surface area contributed by atoms with Gasteiger partial charge in [-0.25, -0.2) is 0 Å². The van der Waals surface area contributed by atoms with Crippen LogP contribution in [0.2, 0.25) is 10.0 Å². The van der Waals surface area contributed by atoms with Crippen LogP contribution in [0.15, 0.2) is 54.7 Å². The largest absolute Gasteiger partial charge is 0.486 e. The minimum Gasteiger partial charge on any atom is -0.486 e. The third-order valence-corrected chi connectivity index (χ3v) is 9.83. The molecule has 12 heteroatoms. The molecule has 2 fully saturated rings. The van der Waals surface area contributed by atoms with Crippen molar-refractivity contribution in [1.82, 2.24) is 24.8 Å². The number of rotatable bonds is 11. The summed E-state index contributed by atoms with van der Waals surface area (Å²) in [5.41, 5.74) is 3.30. The molecule has 1 aliphatic carbocycles. The summed E-state index contributed by atoms with van der Waals surface area (Å²) < 4.78 is 13.7. The van der Waals surface area contributed by atoms with E-state index in [0.717, 1.165) is 30.7 Å². The Hall–Kier alpha value is -3.86. The van der Waals surface area contributed by atoms with E-state index in [1.54, 1.807) is 32.5 Å². The first-order valence-corrected chi connectivity index (χ1v) is 16.4. The number of nitrogens with zero attached hydrogens (tertiary/aromatic N) is 5. The van der Waals surface area contributed by atoms with Crippen molar-refractivity contribution in [2.45, 2.75) is 51.3 Å². The fourth-order valence-electron chi connectivity index (χ4n) is 6.47. The number of para-hydroxylation sites is 1. The van der Waals surface area contributed by atoms with Gasteiger partial charge in [0.25, 0.3) is 6.01 Å². The van der Waals surface area contributed by atoms with Crippen LogP contribution in [0.3, 0.4) is 0 Å². The van der Waals surface area contributed by atoms with Crippen LogP contribution in [0.5, 0.6) is 11.8 Å². The SMILES string of the molecule is COc1nc2c(OCc3c(Cl)ccc(N(C)C(=O)CNC(=O)C4CCN(C5CCCC5)C4)c3Cl)cccc2n1Cc1ccccn1. The Labute approximate surface area is 278 Å². The average Bonchev–Trinajstić information content (AvgIpc) is 3.85. The number of nitrogens with one attached hydrogen (secondary N) is 1. The maximum atomic E-state index is 13.2. The number of benzene rings is 2. The second kappa shape index (κ2) is 14.3. The fourth-order valence-corrected chi connectivity index (χ4v) is 7.07. The molecule has 242 valence electrons. The summed E-state index contributed by atoms with van der Waals surface area (Å²) in [6.45, 7) is 2.10. The van der Waals surface area contributed by atoms with E-state index in [9.17, 15) is 9.59 Å². The molecule has 2 aromatic heterocycles. The lowest BCUT2D eigenvalue weighted by Crippen LogP contribution is -2.41. The van der Waals surface area contributed by atoms with Gasteiger partial charge in [-0.2, -0.15) is 4.98 Å². The number of amides is 2. The van der Waals surface area contributed by atoms with Crippen LogP contribution in [0.25, 0.3) is 11.0 Å². The Morgan fingerprint density at radius 1 is 1.07 bits per heavy atom. The van der Waals surface area contributed by atoms with Crippen molar-refractivity contribution in [2.24, 2.45) is 5.92 Å². The van der Waals surface area contributed by atoms with Crippen molar-refractivity contribution < 1.29 is 19.1 Å². The minimum atomic E-state index is -0.287. The third-order valence-electron chi connectivity index (χ3n) is 9.05. The topological polar surface area (TPSA) is 102 Å². The van der Waals surface area contributed by atoms with Gasteiger partial charge in [-0.15, -0.1) is 0 Å². The van der Waals surface area contributed by atoms with E-state index in [-0.39, 0.29) is 30.9 Å². The van der Waals surface area contributed by atoms with E-state index < -0.39 is 0 Å². The van der Waals surface area contributed by atoms with Gasteiger partial charge in [-0.05, 0) is 62.2 Å². The summed E-state index contributed by atoms with van der Waals surface area (Å²) >= 11 is 13.4. The average molecular weight is 666 g/mol. The Morgan fingerprint density at radius 2 is 1.89 bits per heavy atom. The summed E-state index contributed by atoms with van der Waals surface area (Å²) in [6.07, 6.45) is 7.54. The van der Waals surface area contributed by atoms with Gasteiger partial charge in [0.05, 0.1) is 48.0 Å². The number of carbonyl (C=O) groups is 2. The first kappa shape index (κ1) is 32.1. The molecule has 46 heavy (non-hydrogen) atoms. The molecule has 1 saturated heterocycles. The number of hydrogen-bond donors (Lipinski definition) is 1. The van der Waals surface area contributed by atoms with Crippen LogP contribution in [0, 0.1) is 5.92 Å². The lowest BCUT2D eigenvalue weighted by Gasteiger charge is -2.23. The summed E-state index contributed by atoms with van der Waals surface area (Å²) in [6, 6.07) is 15.8. The predicted molar refractivity (Wildman–Crippen MR) is 179 cm³/mol. The molecular formula is C34H38Cl2N6O4. The number of aromatic nitrogens is 3. The number of imidazole rings is 1. The van der Waals surface area contributed by atoms with Crippen LogP contribution in [-0.2, 0) is 22.7 Å². The van der Waals surface area contributed by atoms with Crippen LogP contribution in [0.1, 0.15) is 43.4 Å². The van der Waals surface area contributed by atoms with Crippen LogP contribution < -0.4 is 19.7 Å². The molecule has 6 rings (SSSR count). The molecule has 0 spiro atoms. The summed E-state index contributed by atoms with van der Waals surface area (Å²) in [4.78, 5) is 39.0. The molecular weight excluding hydrogens is 627 g/mol. The molecule has 1 N–H and O–H groups in total. The normalized spacial score (nSPS) is 17.0. The van der Waals surface area contributed by atoms with Gasteiger partial charge in [0.1, 0.15) is 17.9 Å². The highest BCUT2D eigenvalue weighted by Gasteiger charge is 2.33. The number of fused-ring (bicyclic) bond motifs is 1. The minimum absolute atomic E-state index is 0.0397. The second-order valence-electron chi connectivity index (χ2n) is 11.9. The maximum Gasteiger partial charge on any atom is 0.297 e. The molecule has 1 aliphatic heterocycles. The first-order chi connectivity index (χ1) is 22.3. The second-order valence-corrected chi connectivity index (χ2v) is 12.7. The Balaban J connectivity index is 1.11. The molecule has 0 radical (unpaired) electrons. The zero-order valence-electron chi connectivity index (χ0n) is 26.0. The van der Waals surface area contributed by atoms with E-state index >= 15 is 0 Å². The molecule has 1 unspecified atom stereocenters. The highest BCUT2D eigenvalue weighted by atomic mass is 35.5. The summed E-state index contributed by atoms with van der Waals surface area (Å²) in [5, 5.41) is 3.55. The predicted octanol–water partition coefficient (Wildman–Crippen LogP) is 5.72. The van der Waals surface area contributed by atoms with Gasteiger partial charge in [0.15, 0.2) is 0 Å². The van der Waals surface area contributed by atoms with Gasteiger partial charge >= 0.3 is 0 Å². The van der Waals surface area contributed by atoms with Crippen molar-refractivity contribution in [3.63, 3.8) is 0 Å². The van der Waals surface area contributed by atoms with E-state index in [1.165, 1.54) is 30.6 Å². The monoisotopic (exact) mass is 664 g/mol. The summed E-state index contributed by atoms with van der Waals surface area (Å²) in [7, 11) is 3.21. The number of likely N-dealkylation sites (tertiary alicyclic amines) is 1. The number of pyridine rings is 1. The number of carbonyl (C=O) groups excluding carboxylic acids is 2. The van der Waals surface area contributed by atoms with Crippen LogP contribution in [0.4, 0.5) is 5.69 Å². The number of halogens is 2. The number of likely N-dealkylation sites (N-methyl/N-ethyl adjacent to an activating group) is 1. The number of ether oxygens (including phenoxy) is 2. The van der Waals surface area contributed by atoms with Gasteiger partial charge in [-0.3, -0.25) is 24.0 Å². The van der Waals surface area contributed by atoms with Gasteiger partial charge < -0.3 is 19.7 Å². The van der Waals surface area contributed by atoms with Crippen molar-refractivity contribution >= 4 is 51.7 Å². The Kier molecular flexibility index (Phi) is 9.96. The molecule has 3 heterocycles. The van der Waals surface area contributed by atoms with Crippen molar-refractivity contribution in [3.05, 3.63) is 76.0 Å². The zero-order valence-corrected chi connectivity index (χ0v) is 27.6. The van der Waals surface area contributed by atoms with Crippen LogP contribution >= 0.6 is 23.2 Å². The lowest BCUT2D eigenvalue weighted by atomic mass is 10.1. The van der Waals surface area contributed by atoms with Crippen LogP contribution in [-0.4, -0.2) is 71.1 Å². The number of anilines is 1. The molecule has 1 atom stereocenters. The number of methoxy groups -OCH3 is 1. The van der Waals surface area contributed by atoms with Gasteiger partial charge in [0.2, 0.25) is 11.8 Å². The highest BCUT2D eigenvalue weighted by molar-refractivity contribution is 6.38. The molecule has 2 amide bonds. The van der Waals surface area contributed by atoms with Gasteiger partial charge in [0, 0.05) is 36.4 Å². The lowest BCUT2D eigenvalue weighted by molar-refractivity contribution is -0.127. The molecule has 2 aromatic carbocycles. The standard InChI is InChI=1S/C34H38Cl2N6O4/c1-40(30(43)18-38-33(44)22-15-17-41(19-22)24-9-3-4-10-24)27-14-13-26(35)25(31(27)36)21-46-29-12-7-11-28-32(29)39-34(45-2)42(28)20-23-8-5-6-16-37-23/h5-8,11-14,16,22,24H,3-4,9-10,15,17-21H2,1-2H3,(H,38,44). The van der Waals surface area contributed by atoms with E-state index in [0.29, 0.717) is 51.2 Å². The van der Waals surface area contributed by atoms with Crippen molar-refractivity contribution in [1.29, 1.82) is 0 Å². The molecule has 4 aromatic rings. The van der Waals surface area contributed by atoms with E-state index in [2.05, 4.69) is 20.2 Å². The van der Waals surface area contributed by atoms with Gasteiger partial charge in [-0.1, -0.05) is 48.2 Å². The van der Waals surface area contributed by atoms with Crippen molar-refractivity contribution in [3.8, 4) is 11.8 Å². The van der Waals surface area contributed by atoms with Crippen molar-refractivity contribution in [2.75, 3.05) is 38.7 Å². The Morgan fingerprint density at radius 3 is 2.65 bits per heavy atom. The third kappa shape index (κ3) is 6.79. The molecule has 0 bridgehead atoms. The van der Waals surface area contributed by atoms with E-state index in [1.807, 2.05) is 41.0 Å².